The van der Waals surface area contributed by atoms with E-state index < -0.39 is 0 Å². The number of aromatic nitrogens is 2. The highest BCUT2D eigenvalue weighted by Crippen LogP contribution is 2.13. The summed E-state index contributed by atoms with van der Waals surface area (Å²) in [7, 11) is 1.64. The van der Waals surface area contributed by atoms with Gasteiger partial charge in [0.1, 0.15) is 0 Å². The number of nitrogens with one attached hydrogen (secondary N) is 1. The minimum absolute atomic E-state index is 0.689. The lowest BCUT2D eigenvalue weighted by Crippen LogP contribution is -2.17. The number of pyridine rings is 1. The molecule has 0 atom stereocenters. The number of thiazole rings is 1. The first kappa shape index (κ1) is 13.0. The van der Waals surface area contributed by atoms with Gasteiger partial charge < -0.3 is 10.1 Å². The minimum Gasteiger partial charge on any atom is -0.481 e. The van der Waals surface area contributed by atoms with Crippen molar-refractivity contribution in [3.8, 4) is 5.88 Å². The van der Waals surface area contributed by atoms with E-state index in [9.17, 15) is 0 Å². The molecule has 0 aliphatic rings. The van der Waals surface area contributed by atoms with E-state index in [0.717, 1.165) is 35.8 Å². The third kappa shape index (κ3) is 3.51. The van der Waals surface area contributed by atoms with Gasteiger partial charge in [-0.3, -0.25) is 0 Å². The zero-order valence-corrected chi connectivity index (χ0v) is 11.5. The Balaban J connectivity index is 1.78. The van der Waals surface area contributed by atoms with Crippen LogP contribution in [0, 0.1) is 6.92 Å². The van der Waals surface area contributed by atoms with Gasteiger partial charge in [-0.2, -0.15) is 0 Å². The van der Waals surface area contributed by atoms with Crippen molar-refractivity contribution in [3.63, 3.8) is 0 Å². The predicted molar refractivity (Wildman–Crippen MR) is 73.1 cm³/mol. The fourth-order valence-corrected chi connectivity index (χ4v) is 2.35. The highest BCUT2D eigenvalue weighted by atomic mass is 32.1. The molecular weight excluding hydrogens is 246 g/mol. The van der Waals surface area contributed by atoms with Gasteiger partial charge in [0.15, 0.2) is 0 Å². The molecule has 2 aromatic heterocycles. The van der Waals surface area contributed by atoms with E-state index in [2.05, 4.69) is 20.7 Å². The topological polar surface area (TPSA) is 47.0 Å². The summed E-state index contributed by atoms with van der Waals surface area (Å²) < 4.78 is 5.20. The second kappa shape index (κ2) is 6.47. The molecule has 0 radical (unpaired) electrons. The van der Waals surface area contributed by atoms with Crippen molar-refractivity contribution >= 4 is 11.3 Å². The molecule has 0 bridgehead atoms. The van der Waals surface area contributed by atoms with Crippen molar-refractivity contribution in [1.29, 1.82) is 0 Å². The first-order chi connectivity index (χ1) is 8.79. The summed E-state index contributed by atoms with van der Waals surface area (Å²) in [5, 5.41) is 6.62. The molecule has 0 aromatic carbocycles. The normalized spacial score (nSPS) is 10.6. The summed E-state index contributed by atoms with van der Waals surface area (Å²) in [4.78, 5) is 8.59. The number of methoxy groups -OCH3 is 1. The second-order valence-corrected chi connectivity index (χ2v) is 5.02. The van der Waals surface area contributed by atoms with Crippen molar-refractivity contribution in [1.82, 2.24) is 15.3 Å². The molecule has 0 spiro atoms. The summed E-state index contributed by atoms with van der Waals surface area (Å²) in [6.45, 7) is 3.70. The van der Waals surface area contributed by atoms with Crippen LogP contribution in [0.15, 0.2) is 23.7 Å². The van der Waals surface area contributed by atoms with Gasteiger partial charge in [-0.25, -0.2) is 9.97 Å². The lowest BCUT2D eigenvalue weighted by atomic mass is 10.2. The first-order valence-corrected chi connectivity index (χ1v) is 6.77. The van der Waals surface area contributed by atoms with E-state index in [-0.39, 0.29) is 0 Å². The highest BCUT2D eigenvalue weighted by molar-refractivity contribution is 7.09. The van der Waals surface area contributed by atoms with Gasteiger partial charge in [-0.15, -0.1) is 11.3 Å². The zero-order valence-electron chi connectivity index (χ0n) is 10.6. The minimum atomic E-state index is 0.689. The summed E-state index contributed by atoms with van der Waals surface area (Å²) >= 11 is 1.70. The Bertz CT molecular complexity index is 498. The standard InChI is InChI=1S/C13H17N3OS/c1-10-16-12(9-18-10)5-7-14-8-11-4-3-6-15-13(11)17-2/h3-4,6,9,14H,5,7-8H2,1-2H3. The average Bonchev–Trinajstić information content (AvgIpc) is 2.81. The maximum atomic E-state index is 5.20. The molecule has 1 N–H and O–H groups in total. The van der Waals surface area contributed by atoms with Crippen LogP contribution >= 0.6 is 11.3 Å². The maximum absolute atomic E-state index is 5.20. The fraction of sp³-hybridized carbons (Fsp3) is 0.385. The molecule has 4 nitrogen and oxygen atoms in total. The molecule has 0 saturated heterocycles. The number of nitrogens with zero attached hydrogens (tertiary/aromatic N) is 2. The monoisotopic (exact) mass is 263 g/mol. The summed E-state index contributed by atoms with van der Waals surface area (Å²) in [5.74, 6) is 0.689. The van der Waals surface area contributed by atoms with Crippen molar-refractivity contribution in [2.24, 2.45) is 0 Å². The van der Waals surface area contributed by atoms with Crippen LogP contribution in [0.4, 0.5) is 0 Å². The van der Waals surface area contributed by atoms with E-state index in [1.807, 2.05) is 19.1 Å². The van der Waals surface area contributed by atoms with Crippen LogP contribution in [0.5, 0.6) is 5.88 Å². The second-order valence-electron chi connectivity index (χ2n) is 3.96. The van der Waals surface area contributed by atoms with E-state index >= 15 is 0 Å². The Hall–Kier alpha value is -1.46. The Kier molecular flexibility index (Phi) is 4.66. The molecule has 2 heterocycles. The number of hydrogen-bond donors (Lipinski definition) is 1. The molecule has 2 aromatic rings. The summed E-state index contributed by atoms with van der Waals surface area (Å²) in [6.07, 6.45) is 2.69. The lowest BCUT2D eigenvalue weighted by Gasteiger charge is -2.07. The molecular formula is C13H17N3OS. The van der Waals surface area contributed by atoms with Gasteiger partial charge in [-0.05, 0) is 13.0 Å². The average molecular weight is 263 g/mol. The maximum Gasteiger partial charge on any atom is 0.217 e. The van der Waals surface area contributed by atoms with Crippen molar-refractivity contribution < 1.29 is 4.74 Å². The lowest BCUT2D eigenvalue weighted by molar-refractivity contribution is 0.390. The van der Waals surface area contributed by atoms with Crippen molar-refractivity contribution in [2.75, 3.05) is 13.7 Å². The predicted octanol–water partition coefficient (Wildman–Crippen LogP) is 2.19. The molecule has 0 saturated carbocycles. The number of aryl methyl sites for hydroxylation is 1. The van der Waals surface area contributed by atoms with Crippen LogP contribution in [-0.2, 0) is 13.0 Å². The van der Waals surface area contributed by atoms with Crippen LogP contribution in [0.25, 0.3) is 0 Å². The number of rotatable bonds is 6. The summed E-state index contributed by atoms with van der Waals surface area (Å²) in [5.41, 5.74) is 2.23. The fourth-order valence-electron chi connectivity index (χ4n) is 1.71. The summed E-state index contributed by atoms with van der Waals surface area (Å²) in [6, 6.07) is 3.94. The van der Waals surface area contributed by atoms with Crippen LogP contribution in [-0.4, -0.2) is 23.6 Å². The third-order valence-corrected chi connectivity index (χ3v) is 3.41. The molecule has 0 aliphatic carbocycles. The molecule has 18 heavy (non-hydrogen) atoms. The third-order valence-electron chi connectivity index (χ3n) is 2.58. The smallest absolute Gasteiger partial charge is 0.217 e. The van der Waals surface area contributed by atoms with Crippen molar-refractivity contribution in [3.05, 3.63) is 40.0 Å². The quantitative estimate of drug-likeness (QED) is 0.812. The van der Waals surface area contributed by atoms with Gasteiger partial charge in [0.05, 0.1) is 17.8 Å². The molecule has 0 fully saturated rings. The van der Waals surface area contributed by atoms with Crippen LogP contribution in [0.1, 0.15) is 16.3 Å². The van der Waals surface area contributed by atoms with Gasteiger partial charge in [0, 0.05) is 36.7 Å². The highest BCUT2D eigenvalue weighted by Gasteiger charge is 2.02. The van der Waals surface area contributed by atoms with Crippen LogP contribution < -0.4 is 10.1 Å². The van der Waals surface area contributed by atoms with Gasteiger partial charge in [0.2, 0.25) is 5.88 Å². The zero-order chi connectivity index (χ0) is 12.8. The first-order valence-electron chi connectivity index (χ1n) is 5.89. The SMILES string of the molecule is COc1ncccc1CNCCc1csc(C)n1. The van der Waals surface area contributed by atoms with Gasteiger partial charge >= 0.3 is 0 Å². The molecule has 2 rings (SSSR count). The number of ether oxygens (including phenoxy) is 1. The van der Waals surface area contributed by atoms with Gasteiger partial charge in [0.25, 0.3) is 0 Å². The van der Waals surface area contributed by atoms with Crippen LogP contribution in [0.3, 0.4) is 0 Å². The van der Waals surface area contributed by atoms with E-state index in [1.54, 1.807) is 24.6 Å². The molecule has 0 aliphatic heterocycles. The molecule has 96 valence electrons. The molecule has 5 heteroatoms. The van der Waals surface area contributed by atoms with Crippen molar-refractivity contribution in [2.45, 2.75) is 19.9 Å². The Morgan fingerprint density at radius 3 is 3.06 bits per heavy atom. The Labute approximate surface area is 111 Å². The largest absolute Gasteiger partial charge is 0.481 e. The van der Waals surface area contributed by atoms with E-state index in [4.69, 9.17) is 4.74 Å². The molecule has 0 unspecified atom stereocenters. The Morgan fingerprint density at radius 1 is 1.44 bits per heavy atom. The Morgan fingerprint density at radius 2 is 2.33 bits per heavy atom. The molecule has 0 amide bonds. The number of hydrogen-bond acceptors (Lipinski definition) is 5. The van der Waals surface area contributed by atoms with E-state index in [1.165, 1.54) is 0 Å². The van der Waals surface area contributed by atoms with Crippen LogP contribution in [0.2, 0.25) is 0 Å². The van der Waals surface area contributed by atoms with Gasteiger partial charge in [-0.1, -0.05) is 6.07 Å². The van der Waals surface area contributed by atoms with E-state index in [0.29, 0.717) is 5.88 Å².